The van der Waals surface area contributed by atoms with Crippen molar-refractivity contribution in [1.82, 2.24) is 4.31 Å². The van der Waals surface area contributed by atoms with Crippen LogP contribution < -0.4 is 10.1 Å². The van der Waals surface area contributed by atoms with Crippen molar-refractivity contribution < 1.29 is 17.9 Å². The molecule has 7 heteroatoms. The molecule has 0 aliphatic carbocycles. The Morgan fingerprint density at radius 1 is 1.00 bits per heavy atom. The highest BCUT2D eigenvalue weighted by Gasteiger charge is 2.27. The largest absolute Gasteiger partial charge is 0.488 e. The molecule has 0 atom stereocenters. The monoisotopic (exact) mass is 384 g/mol. The van der Waals surface area contributed by atoms with Crippen molar-refractivity contribution in [2.45, 2.75) is 17.7 Å². The molecule has 0 bridgehead atoms. The lowest BCUT2D eigenvalue weighted by Gasteiger charge is -2.18. The second-order valence-electron chi connectivity index (χ2n) is 6.59. The zero-order chi connectivity index (χ0) is 18.9. The predicted molar refractivity (Wildman–Crippen MR) is 103 cm³/mol. The van der Waals surface area contributed by atoms with Crippen LogP contribution in [0.3, 0.4) is 0 Å². The van der Waals surface area contributed by atoms with Gasteiger partial charge in [0.25, 0.3) is 5.91 Å². The van der Waals surface area contributed by atoms with Crippen molar-refractivity contribution in [3.8, 4) is 5.75 Å². The molecule has 2 aromatic carbocycles. The van der Waals surface area contributed by atoms with Gasteiger partial charge in [0.1, 0.15) is 12.4 Å². The van der Waals surface area contributed by atoms with Gasteiger partial charge in [0.15, 0.2) is 0 Å². The Morgan fingerprint density at radius 3 is 2.44 bits per heavy atom. The fourth-order valence-electron chi connectivity index (χ4n) is 3.25. The molecule has 140 valence electrons. The number of nitrogens with zero attached hydrogens (tertiary/aromatic N) is 1. The van der Waals surface area contributed by atoms with Crippen molar-refractivity contribution in [1.29, 1.82) is 0 Å². The summed E-state index contributed by atoms with van der Waals surface area (Å²) >= 11 is 0. The molecule has 2 aliphatic heterocycles. The van der Waals surface area contributed by atoms with Crippen molar-refractivity contribution in [3.63, 3.8) is 0 Å². The van der Waals surface area contributed by atoms with Gasteiger partial charge in [-0.25, -0.2) is 8.42 Å². The number of carbonyl (C=O) groups is 1. The molecular formula is C20H20N2O4S. The Morgan fingerprint density at radius 2 is 1.70 bits per heavy atom. The second kappa shape index (κ2) is 7.17. The van der Waals surface area contributed by atoms with Gasteiger partial charge < -0.3 is 10.1 Å². The van der Waals surface area contributed by atoms with Gasteiger partial charge in [-0.1, -0.05) is 18.2 Å². The maximum absolute atomic E-state index is 12.5. The van der Waals surface area contributed by atoms with Crippen molar-refractivity contribution in [2.24, 2.45) is 0 Å². The minimum atomic E-state index is -3.45. The molecule has 1 N–H and O–H groups in total. The topological polar surface area (TPSA) is 75.7 Å². The molecule has 0 radical (unpaired) electrons. The van der Waals surface area contributed by atoms with Gasteiger partial charge in [0, 0.05) is 24.3 Å². The number of benzene rings is 2. The molecule has 0 spiro atoms. The number of ether oxygens (including phenoxy) is 1. The van der Waals surface area contributed by atoms with Crippen molar-refractivity contribution >= 4 is 27.7 Å². The van der Waals surface area contributed by atoms with Crippen LogP contribution in [0.2, 0.25) is 0 Å². The molecule has 0 aromatic heterocycles. The van der Waals surface area contributed by atoms with Crippen LogP contribution in [0.4, 0.5) is 5.69 Å². The van der Waals surface area contributed by atoms with E-state index in [9.17, 15) is 13.2 Å². The van der Waals surface area contributed by atoms with Crippen LogP contribution >= 0.6 is 0 Å². The van der Waals surface area contributed by atoms with E-state index in [0.717, 1.165) is 24.2 Å². The highest BCUT2D eigenvalue weighted by atomic mass is 32.2. The quantitative estimate of drug-likeness (QED) is 0.879. The lowest BCUT2D eigenvalue weighted by molar-refractivity contribution is -0.113. The predicted octanol–water partition coefficient (Wildman–Crippen LogP) is 2.89. The standard InChI is InChI=1S/C20H20N2O4S/c23-20(16-13-15-5-1-2-6-19(15)26-14-16)21-17-7-9-18(10-8-17)27(24,25)22-11-3-4-12-22/h1-2,5-10,13H,3-4,11-12,14H2,(H,21,23). The molecule has 6 nitrogen and oxygen atoms in total. The van der Waals surface area contributed by atoms with Gasteiger partial charge in [-0.05, 0) is 49.2 Å². The van der Waals surface area contributed by atoms with Gasteiger partial charge in [0.2, 0.25) is 10.0 Å². The molecular weight excluding hydrogens is 364 g/mol. The number of hydrogen-bond donors (Lipinski definition) is 1. The molecule has 2 aliphatic rings. The average Bonchev–Trinajstić information content (AvgIpc) is 3.24. The summed E-state index contributed by atoms with van der Waals surface area (Å²) in [6.07, 6.45) is 3.60. The molecule has 1 fully saturated rings. The third-order valence-electron chi connectivity index (χ3n) is 4.74. The second-order valence-corrected chi connectivity index (χ2v) is 8.52. The summed E-state index contributed by atoms with van der Waals surface area (Å²) < 4.78 is 32.2. The third kappa shape index (κ3) is 3.61. The summed E-state index contributed by atoms with van der Waals surface area (Å²) in [6, 6.07) is 13.8. The normalized spacial score (nSPS) is 17.0. The molecule has 4 rings (SSSR count). The van der Waals surface area contributed by atoms with E-state index in [1.165, 1.54) is 16.4 Å². The number of sulfonamides is 1. The highest BCUT2D eigenvalue weighted by molar-refractivity contribution is 7.89. The van der Waals surface area contributed by atoms with E-state index >= 15 is 0 Å². The Bertz CT molecular complexity index is 991. The minimum absolute atomic E-state index is 0.199. The van der Waals surface area contributed by atoms with Crippen LogP contribution in [-0.4, -0.2) is 38.3 Å². The fourth-order valence-corrected chi connectivity index (χ4v) is 4.76. The van der Waals surface area contributed by atoms with E-state index in [1.54, 1.807) is 18.2 Å². The Hall–Kier alpha value is -2.64. The van der Waals surface area contributed by atoms with Gasteiger partial charge in [-0.2, -0.15) is 4.31 Å². The molecule has 2 aromatic rings. The van der Waals surface area contributed by atoms with Crippen molar-refractivity contribution in [2.75, 3.05) is 25.0 Å². The van der Waals surface area contributed by atoms with Crippen LogP contribution in [0.1, 0.15) is 18.4 Å². The number of para-hydroxylation sites is 1. The zero-order valence-corrected chi connectivity index (χ0v) is 15.5. The van der Waals surface area contributed by atoms with Crippen LogP contribution in [0, 0.1) is 0 Å². The van der Waals surface area contributed by atoms with Gasteiger partial charge in [-0.15, -0.1) is 0 Å². The summed E-state index contributed by atoms with van der Waals surface area (Å²) in [4.78, 5) is 12.7. The SMILES string of the molecule is O=C(Nc1ccc(S(=O)(=O)N2CCCC2)cc1)C1=Cc2ccccc2OC1. The molecule has 1 saturated heterocycles. The average molecular weight is 384 g/mol. The number of amides is 1. The van der Waals surface area contributed by atoms with Gasteiger partial charge in [-0.3, -0.25) is 4.79 Å². The number of carbonyl (C=O) groups excluding carboxylic acids is 1. The summed E-state index contributed by atoms with van der Waals surface area (Å²) in [5.41, 5.74) is 1.92. The number of fused-ring (bicyclic) bond motifs is 1. The van der Waals surface area contributed by atoms with Crippen molar-refractivity contribution in [3.05, 3.63) is 59.7 Å². The molecule has 27 heavy (non-hydrogen) atoms. The lowest BCUT2D eigenvalue weighted by atomic mass is 10.1. The summed E-state index contributed by atoms with van der Waals surface area (Å²) in [6.45, 7) is 1.33. The number of rotatable bonds is 4. The van der Waals surface area contributed by atoms with Crippen LogP contribution in [0.25, 0.3) is 6.08 Å². The molecule has 1 amide bonds. The van der Waals surface area contributed by atoms with E-state index in [0.29, 0.717) is 24.4 Å². The van der Waals surface area contributed by atoms with Crippen LogP contribution in [0.5, 0.6) is 5.75 Å². The maximum Gasteiger partial charge on any atom is 0.255 e. The lowest BCUT2D eigenvalue weighted by Crippen LogP contribution is -2.27. The molecule has 0 unspecified atom stereocenters. The first-order chi connectivity index (χ1) is 13.0. The van der Waals surface area contributed by atoms with E-state index in [4.69, 9.17) is 4.74 Å². The Labute approximate surface area is 158 Å². The Balaban J connectivity index is 1.47. The maximum atomic E-state index is 12.5. The van der Waals surface area contributed by atoms with E-state index in [1.807, 2.05) is 24.3 Å². The minimum Gasteiger partial charge on any atom is -0.488 e. The van der Waals surface area contributed by atoms with Gasteiger partial charge in [0.05, 0.1) is 10.5 Å². The van der Waals surface area contributed by atoms with E-state index in [-0.39, 0.29) is 17.4 Å². The summed E-state index contributed by atoms with van der Waals surface area (Å²) in [5.74, 6) is 0.491. The Kier molecular flexibility index (Phi) is 4.72. The number of nitrogens with one attached hydrogen (secondary N) is 1. The van der Waals surface area contributed by atoms with Gasteiger partial charge >= 0.3 is 0 Å². The smallest absolute Gasteiger partial charge is 0.255 e. The first kappa shape index (κ1) is 17.8. The number of anilines is 1. The highest BCUT2D eigenvalue weighted by Crippen LogP contribution is 2.27. The first-order valence-electron chi connectivity index (χ1n) is 8.88. The van der Waals surface area contributed by atoms with Crippen LogP contribution in [-0.2, 0) is 14.8 Å². The number of hydrogen-bond acceptors (Lipinski definition) is 4. The molecule has 0 saturated carbocycles. The van der Waals surface area contributed by atoms with E-state index in [2.05, 4.69) is 5.32 Å². The summed E-state index contributed by atoms with van der Waals surface area (Å²) in [7, 11) is -3.45. The molecule has 2 heterocycles. The summed E-state index contributed by atoms with van der Waals surface area (Å²) in [5, 5.41) is 2.79. The van der Waals surface area contributed by atoms with E-state index < -0.39 is 10.0 Å². The fraction of sp³-hybridized carbons (Fsp3) is 0.250. The zero-order valence-electron chi connectivity index (χ0n) is 14.7. The first-order valence-corrected chi connectivity index (χ1v) is 10.3. The third-order valence-corrected chi connectivity index (χ3v) is 6.65. The van der Waals surface area contributed by atoms with Crippen LogP contribution in [0.15, 0.2) is 59.0 Å².